The van der Waals surface area contributed by atoms with Gasteiger partial charge in [0.05, 0.1) is 0 Å². The average Bonchev–Trinajstić information content (AvgIpc) is 2.26. The predicted octanol–water partition coefficient (Wildman–Crippen LogP) is 3.13. The number of hydrogen-bond donors (Lipinski definition) is 1. The van der Waals surface area contributed by atoms with E-state index in [-0.39, 0.29) is 0 Å². The fraction of sp³-hybridized carbons (Fsp3) is 1.00. The molecule has 0 aliphatic carbocycles. The van der Waals surface area contributed by atoms with Crippen molar-refractivity contribution in [3.63, 3.8) is 0 Å². The first-order valence-electron chi connectivity index (χ1n) is 6.94. The summed E-state index contributed by atoms with van der Waals surface area (Å²) in [5, 5.41) is 3.68. The van der Waals surface area contributed by atoms with Crippen LogP contribution in [0.15, 0.2) is 0 Å². The average molecular weight is 228 g/mol. The Morgan fingerprint density at radius 1 is 1.06 bits per heavy atom. The summed E-state index contributed by atoms with van der Waals surface area (Å²) in [4.78, 5) is 2.39. The van der Waals surface area contributed by atoms with Gasteiger partial charge in [-0.3, -0.25) is 0 Å². The van der Waals surface area contributed by atoms with Gasteiger partial charge in [-0.15, -0.1) is 0 Å². The van der Waals surface area contributed by atoms with E-state index in [1.807, 2.05) is 0 Å². The zero-order chi connectivity index (χ0) is 12.6. The minimum atomic E-state index is 0.649. The van der Waals surface area contributed by atoms with Crippen LogP contribution in [0.25, 0.3) is 0 Å². The second kappa shape index (κ2) is 9.00. The van der Waals surface area contributed by atoms with Crippen molar-refractivity contribution in [3.05, 3.63) is 0 Å². The van der Waals surface area contributed by atoms with Gasteiger partial charge in [0.1, 0.15) is 0 Å². The molecule has 0 amide bonds. The lowest BCUT2D eigenvalue weighted by Gasteiger charge is -2.24. The van der Waals surface area contributed by atoms with Crippen LogP contribution in [0.2, 0.25) is 0 Å². The quantitative estimate of drug-likeness (QED) is 0.652. The zero-order valence-corrected chi connectivity index (χ0v) is 12.2. The lowest BCUT2D eigenvalue weighted by atomic mass is 9.98. The van der Waals surface area contributed by atoms with Crippen LogP contribution in [0, 0.1) is 5.92 Å². The highest BCUT2D eigenvalue weighted by atomic mass is 15.1. The molecule has 0 spiro atoms. The van der Waals surface area contributed by atoms with Crippen molar-refractivity contribution in [1.82, 2.24) is 10.2 Å². The van der Waals surface area contributed by atoms with E-state index in [1.54, 1.807) is 0 Å². The van der Waals surface area contributed by atoms with Crippen molar-refractivity contribution in [1.29, 1.82) is 0 Å². The van der Waals surface area contributed by atoms with E-state index in [4.69, 9.17) is 0 Å². The largest absolute Gasteiger partial charge is 0.313 e. The van der Waals surface area contributed by atoms with E-state index in [1.165, 1.54) is 19.3 Å². The third kappa shape index (κ3) is 7.24. The lowest BCUT2D eigenvalue weighted by Crippen LogP contribution is -2.38. The Morgan fingerprint density at radius 3 is 2.12 bits per heavy atom. The van der Waals surface area contributed by atoms with Crippen LogP contribution in [0.4, 0.5) is 0 Å². The van der Waals surface area contributed by atoms with Crippen LogP contribution in [-0.4, -0.2) is 37.1 Å². The fourth-order valence-corrected chi connectivity index (χ4v) is 1.75. The number of likely N-dealkylation sites (N-methyl/N-ethyl adjacent to an activating group) is 1. The SMILES string of the molecule is CCC(C)CC(CC)NCCN(C)C(C)C. The summed E-state index contributed by atoms with van der Waals surface area (Å²) in [5.74, 6) is 0.847. The highest BCUT2D eigenvalue weighted by Crippen LogP contribution is 2.11. The molecule has 16 heavy (non-hydrogen) atoms. The lowest BCUT2D eigenvalue weighted by molar-refractivity contribution is 0.263. The summed E-state index contributed by atoms with van der Waals surface area (Å²) in [6.07, 6.45) is 3.86. The summed E-state index contributed by atoms with van der Waals surface area (Å²) in [7, 11) is 2.20. The van der Waals surface area contributed by atoms with Crippen molar-refractivity contribution < 1.29 is 0 Å². The molecule has 0 aromatic heterocycles. The minimum absolute atomic E-state index is 0.649. The molecule has 2 heteroatoms. The normalized spacial score (nSPS) is 15.8. The summed E-state index contributed by atoms with van der Waals surface area (Å²) in [6.45, 7) is 13.7. The molecule has 0 aliphatic rings. The van der Waals surface area contributed by atoms with E-state index in [0.717, 1.165) is 19.0 Å². The molecule has 0 heterocycles. The Bertz CT molecular complexity index is 157. The molecule has 0 aliphatic heterocycles. The summed E-state index contributed by atoms with van der Waals surface area (Å²) < 4.78 is 0. The molecule has 0 radical (unpaired) electrons. The van der Waals surface area contributed by atoms with Gasteiger partial charge in [-0.2, -0.15) is 0 Å². The zero-order valence-electron chi connectivity index (χ0n) is 12.2. The number of nitrogens with one attached hydrogen (secondary N) is 1. The molecular weight excluding hydrogens is 196 g/mol. The second-order valence-electron chi connectivity index (χ2n) is 5.38. The fourth-order valence-electron chi connectivity index (χ4n) is 1.75. The molecule has 2 unspecified atom stereocenters. The molecule has 0 rings (SSSR count). The van der Waals surface area contributed by atoms with Crippen LogP contribution in [-0.2, 0) is 0 Å². The van der Waals surface area contributed by atoms with E-state index >= 15 is 0 Å². The van der Waals surface area contributed by atoms with Crippen LogP contribution in [0.5, 0.6) is 0 Å². The number of nitrogens with zero attached hydrogens (tertiary/aromatic N) is 1. The Hall–Kier alpha value is -0.0800. The number of rotatable bonds is 9. The molecular formula is C14H32N2. The first-order chi connectivity index (χ1) is 7.51. The monoisotopic (exact) mass is 228 g/mol. The van der Waals surface area contributed by atoms with Crippen LogP contribution in [0.1, 0.15) is 53.9 Å². The Morgan fingerprint density at radius 2 is 1.69 bits per heavy atom. The third-order valence-corrected chi connectivity index (χ3v) is 3.66. The van der Waals surface area contributed by atoms with Crippen LogP contribution in [0.3, 0.4) is 0 Å². The van der Waals surface area contributed by atoms with Gasteiger partial charge in [0.25, 0.3) is 0 Å². The van der Waals surface area contributed by atoms with Crippen molar-refractivity contribution in [3.8, 4) is 0 Å². The van der Waals surface area contributed by atoms with E-state index < -0.39 is 0 Å². The minimum Gasteiger partial charge on any atom is -0.313 e. The Kier molecular flexibility index (Phi) is 8.96. The van der Waals surface area contributed by atoms with Crippen molar-refractivity contribution in [2.45, 2.75) is 66.0 Å². The molecule has 2 atom stereocenters. The molecule has 2 nitrogen and oxygen atoms in total. The first kappa shape index (κ1) is 15.9. The van der Waals surface area contributed by atoms with Gasteiger partial charge in [0.15, 0.2) is 0 Å². The van der Waals surface area contributed by atoms with Gasteiger partial charge in [0, 0.05) is 25.2 Å². The van der Waals surface area contributed by atoms with Gasteiger partial charge < -0.3 is 10.2 Å². The predicted molar refractivity (Wildman–Crippen MR) is 73.9 cm³/mol. The highest BCUT2D eigenvalue weighted by Gasteiger charge is 2.10. The van der Waals surface area contributed by atoms with Crippen molar-refractivity contribution >= 4 is 0 Å². The maximum absolute atomic E-state index is 3.68. The molecule has 0 saturated heterocycles. The second-order valence-corrected chi connectivity index (χ2v) is 5.38. The molecule has 0 aromatic rings. The van der Waals surface area contributed by atoms with Gasteiger partial charge in [0.2, 0.25) is 0 Å². The van der Waals surface area contributed by atoms with Gasteiger partial charge in [-0.05, 0) is 39.7 Å². The molecule has 0 saturated carbocycles. The number of hydrogen-bond acceptors (Lipinski definition) is 2. The molecule has 98 valence electrons. The van der Waals surface area contributed by atoms with E-state index in [2.05, 4.69) is 51.9 Å². The Labute approximate surface area is 103 Å². The van der Waals surface area contributed by atoms with E-state index in [9.17, 15) is 0 Å². The standard InChI is InChI=1S/C14H32N2/c1-7-13(5)11-14(8-2)15-9-10-16(6)12(3)4/h12-15H,7-11H2,1-6H3. The van der Waals surface area contributed by atoms with E-state index in [0.29, 0.717) is 12.1 Å². The molecule has 0 fully saturated rings. The third-order valence-electron chi connectivity index (χ3n) is 3.66. The maximum atomic E-state index is 3.68. The summed E-state index contributed by atoms with van der Waals surface area (Å²) >= 11 is 0. The smallest absolute Gasteiger partial charge is 0.0107 e. The Balaban J connectivity index is 3.70. The summed E-state index contributed by atoms with van der Waals surface area (Å²) in [6, 6.07) is 1.35. The van der Waals surface area contributed by atoms with Crippen molar-refractivity contribution in [2.75, 3.05) is 20.1 Å². The van der Waals surface area contributed by atoms with Gasteiger partial charge in [-0.25, -0.2) is 0 Å². The first-order valence-corrected chi connectivity index (χ1v) is 6.94. The maximum Gasteiger partial charge on any atom is 0.0107 e. The van der Waals surface area contributed by atoms with Gasteiger partial charge in [-0.1, -0.05) is 27.2 Å². The topological polar surface area (TPSA) is 15.3 Å². The van der Waals surface area contributed by atoms with Crippen molar-refractivity contribution in [2.24, 2.45) is 5.92 Å². The highest BCUT2D eigenvalue weighted by molar-refractivity contribution is 4.69. The molecule has 1 N–H and O–H groups in total. The van der Waals surface area contributed by atoms with Crippen LogP contribution < -0.4 is 5.32 Å². The van der Waals surface area contributed by atoms with Gasteiger partial charge >= 0.3 is 0 Å². The molecule has 0 aromatic carbocycles. The summed E-state index contributed by atoms with van der Waals surface area (Å²) in [5.41, 5.74) is 0. The molecule has 0 bridgehead atoms. The van der Waals surface area contributed by atoms with Crippen LogP contribution >= 0.6 is 0 Å².